The molecule has 94 valence electrons. The van der Waals surface area contributed by atoms with Crippen LogP contribution in [0, 0.1) is 4.64 Å². The zero-order valence-corrected chi connectivity index (χ0v) is 11.6. The first-order chi connectivity index (χ1) is 9.33. The van der Waals surface area contributed by atoms with E-state index in [-0.39, 0.29) is 0 Å². The SMILES string of the molecule is S=c1nc(-c2coc3ccccc23)[nH]c2c1CSC2. The van der Waals surface area contributed by atoms with E-state index in [1.165, 1.54) is 11.3 Å². The van der Waals surface area contributed by atoms with Crippen LogP contribution in [0.2, 0.25) is 0 Å². The Hall–Kier alpha value is -1.59. The van der Waals surface area contributed by atoms with Crippen molar-refractivity contribution in [2.24, 2.45) is 0 Å². The predicted molar refractivity (Wildman–Crippen MR) is 79.6 cm³/mol. The highest BCUT2D eigenvalue weighted by atomic mass is 32.2. The summed E-state index contributed by atoms with van der Waals surface area (Å²) in [5.41, 5.74) is 4.22. The number of aromatic amines is 1. The van der Waals surface area contributed by atoms with E-state index in [4.69, 9.17) is 16.6 Å². The van der Waals surface area contributed by atoms with Crippen LogP contribution in [0.25, 0.3) is 22.4 Å². The number of furan rings is 1. The van der Waals surface area contributed by atoms with E-state index in [0.29, 0.717) is 4.64 Å². The molecule has 0 amide bonds. The standard InChI is InChI=1S/C14H10N2OS2/c18-14-10-6-19-7-11(10)15-13(16-14)9-5-17-12-4-2-1-3-8(9)12/h1-5H,6-7H2,(H,15,16,18). The number of para-hydroxylation sites is 1. The number of nitrogens with one attached hydrogen (secondary N) is 1. The summed E-state index contributed by atoms with van der Waals surface area (Å²) >= 11 is 7.25. The van der Waals surface area contributed by atoms with Gasteiger partial charge in [-0.2, -0.15) is 11.8 Å². The maximum absolute atomic E-state index is 5.56. The molecule has 1 aromatic carbocycles. The highest BCUT2D eigenvalue weighted by Gasteiger charge is 2.17. The lowest BCUT2D eigenvalue weighted by Crippen LogP contribution is -1.96. The summed E-state index contributed by atoms with van der Waals surface area (Å²) in [6.07, 6.45) is 1.74. The van der Waals surface area contributed by atoms with Crippen molar-refractivity contribution in [2.75, 3.05) is 0 Å². The van der Waals surface area contributed by atoms with Crippen LogP contribution in [-0.4, -0.2) is 9.97 Å². The molecule has 0 bridgehead atoms. The molecule has 3 nitrogen and oxygen atoms in total. The fourth-order valence-electron chi connectivity index (χ4n) is 2.36. The van der Waals surface area contributed by atoms with Gasteiger partial charge in [0.05, 0.1) is 5.56 Å². The number of hydrogen-bond donors (Lipinski definition) is 1. The molecule has 1 N–H and O–H groups in total. The zero-order chi connectivity index (χ0) is 12.8. The number of rotatable bonds is 1. The van der Waals surface area contributed by atoms with Crippen molar-refractivity contribution >= 4 is 34.9 Å². The minimum atomic E-state index is 0.707. The van der Waals surface area contributed by atoms with Crippen LogP contribution in [-0.2, 0) is 11.5 Å². The molecule has 0 aliphatic carbocycles. The molecule has 0 atom stereocenters. The third kappa shape index (κ3) is 1.73. The Kier molecular flexibility index (Phi) is 2.50. The van der Waals surface area contributed by atoms with Crippen molar-refractivity contribution in [3.8, 4) is 11.4 Å². The molecule has 1 aliphatic rings. The van der Waals surface area contributed by atoms with E-state index >= 15 is 0 Å². The molecule has 3 heterocycles. The van der Waals surface area contributed by atoms with Gasteiger partial charge in [-0.15, -0.1) is 0 Å². The summed E-state index contributed by atoms with van der Waals surface area (Å²) < 4.78 is 6.27. The molecular weight excluding hydrogens is 276 g/mol. The van der Waals surface area contributed by atoms with Gasteiger partial charge < -0.3 is 9.40 Å². The van der Waals surface area contributed by atoms with Crippen LogP contribution in [0.5, 0.6) is 0 Å². The lowest BCUT2D eigenvalue weighted by molar-refractivity contribution is 0.616. The first kappa shape index (κ1) is 11.3. The minimum Gasteiger partial charge on any atom is -0.464 e. The Morgan fingerprint density at radius 2 is 2.16 bits per heavy atom. The second-order valence-electron chi connectivity index (χ2n) is 4.49. The molecule has 0 unspecified atom stereocenters. The van der Waals surface area contributed by atoms with Gasteiger partial charge in [0.1, 0.15) is 22.3 Å². The molecule has 0 spiro atoms. The van der Waals surface area contributed by atoms with E-state index in [1.54, 1.807) is 6.26 Å². The predicted octanol–water partition coefficient (Wildman–Crippen LogP) is 4.30. The van der Waals surface area contributed by atoms with Crippen LogP contribution < -0.4 is 0 Å². The van der Waals surface area contributed by atoms with Crippen LogP contribution in [0.4, 0.5) is 0 Å². The van der Waals surface area contributed by atoms with Crippen LogP contribution in [0.15, 0.2) is 34.9 Å². The lowest BCUT2D eigenvalue weighted by atomic mass is 10.1. The number of benzene rings is 1. The molecule has 19 heavy (non-hydrogen) atoms. The van der Waals surface area contributed by atoms with Crippen molar-refractivity contribution < 1.29 is 4.42 Å². The van der Waals surface area contributed by atoms with Gasteiger partial charge in [-0.25, -0.2) is 4.98 Å². The summed E-state index contributed by atoms with van der Waals surface area (Å²) in [6, 6.07) is 7.95. The van der Waals surface area contributed by atoms with Crippen molar-refractivity contribution in [3.63, 3.8) is 0 Å². The van der Waals surface area contributed by atoms with Crippen LogP contribution >= 0.6 is 24.0 Å². The van der Waals surface area contributed by atoms with Gasteiger partial charge >= 0.3 is 0 Å². The Morgan fingerprint density at radius 3 is 3.11 bits per heavy atom. The van der Waals surface area contributed by atoms with Crippen molar-refractivity contribution in [1.29, 1.82) is 0 Å². The average Bonchev–Trinajstić information content (AvgIpc) is 3.04. The van der Waals surface area contributed by atoms with Crippen molar-refractivity contribution in [1.82, 2.24) is 9.97 Å². The highest BCUT2D eigenvalue weighted by molar-refractivity contribution is 7.98. The Morgan fingerprint density at radius 1 is 1.26 bits per heavy atom. The monoisotopic (exact) mass is 286 g/mol. The first-order valence-electron chi connectivity index (χ1n) is 5.99. The normalized spacial score (nSPS) is 13.9. The summed E-state index contributed by atoms with van der Waals surface area (Å²) in [6.45, 7) is 0. The fraction of sp³-hybridized carbons (Fsp3) is 0.143. The van der Waals surface area contributed by atoms with Crippen molar-refractivity contribution in [3.05, 3.63) is 46.4 Å². The number of fused-ring (bicyclic) bond motifs is 2. The Balaban J connectivity index is 1.98. The third-order valence-electron chi connectivity index (χ3n) is 3.33. The molecule has 3 aromatic rings. The lowest BCUT2D eigenvalue weighted by Gasteiger charge is -2.03. The fourth-order valence-corrected chi connectivity index (χ4v) is 3.81. The van der Waals surface area contributed by atoms with Crippen LogP contribution in [0.1, 0.15) is 11.3 Å². The quantitative estimate of drug-likeness (QED) is 0.677. The molecule has 0 saturated carbocycles. The number of thioether (sulfide) groups is 1. The summed E-state index contributed by atoms with van der Waals surface area (Å²) in [7, 11) is 0. The van der Waals surface area contributed by atoms with Gasteiger partial charge in [0.25, 0.3) is 0 Å². The van der Waals surface area contributed by atoms with E-state index in [1.807, 2.05) is 36.0 Å². The molecule has 0 radical (unpaired) electrons. The number of hydrogen-bond acceptors (Lipinski definition) is 4. The number of H-pyrrole nitrogens is 1. The second kappa shape index (κ2) is 4.21. The van der Waals surface area contributed by atoms with Crippen LogP contribution in [0.3, 0.4) is 0 Å². The number of nitrogens with zero attached hydrogens (tertiary/aromatic N) is 1. The van der Waals surface area contributed by atoms with Gasteiger partial charge in [0, 0.05) is 28.1 Å². The summed E-state index contributed by atoms with van der Waals surface area (Å²) in [5.74, 6) is 2.74. The third-order valence-corrected chi connectivity index (χ3v) is 4.66. The zero-order valence-electron chi connectivity index (χ0n) is 9.97. The topological polar surface area (TPSA) is 41.8 Å². The van der Waals surface area contributed by atoms with E-state index in [0.717, 1.165) is 33.9 Å². The molecule has 1 aliphatic heterocycles. The largest absolute Gasteiger partial charge is 0.464 e. The second-order valence-corrected chi connectivity index (χ2v) is 5.86. The van der Waals surface area contributed by atoms with Crippen molar-refractivity contribution in [2.45, 2.75) is 11.5 Å². The Bertz CT molecular complexity index is 835. The smallest absolute Gasteiger partial charge is 0.143 e. The highest BCUT2D eigenvalue weighted by Crippen LogP contribution is 2.33. The van der Waals surface area contributed by atoms with Gasteiger partial charge in [-0.05, 0) is 6.07 Å². The molecule has 0 fully saturated rings. The summed E-state index contributed by atoms with van der Waals surface area (Å²) in [4.78, 5) is 7.92. The Labute approximate surface area is 119 Å². The maximum atomic E-state index is 5.56. The average molecular weight is 286 g/mol. The summed E-state index contributed by atoms with van der Waals surface area (Å²) in [5, 5.41) is 1.06. The molecule has 2 aromatic heterocycles. The van der Waals surface area contributed by atoms with Gasteiger partial charge in [0.15, 0.2) is 0 Å². The first-order valence-corrected chi connectivity index (χ1v) is 7.55. The molecule has 4 rings (SSSR count). The number of aromatic nitrogens is 2. The maximum Gasteiger partial charge on any atom is 0.143 e. The van der Waals surface area contributed by atoms with E-state index in [9.17, 15) is 0 Å². The van der Waals surface area contributed by atoms with Gasteiger partial charge in [0.2, 0.25) is 0 Å². The van der Waals surface area contributed by atoms with Gasteiger partial charge in [-0.1, -0.05) is 30.4 Å². The molecule has 0 saturated heterocycles. The van der Waals surface area contributed by atoms with E-state index in [2.05, 4.69) is 9.97 Å². The van der Waals surface area contributed by atoms with Gasteiger partial charge in [-0.3, -0.25) is 0 Å². The van der Waals surface area contributed by atoms with E-state index < -0.39 is 0 Å². The molecular formula is C14H10N2OS2. The minimum absolute atomic E-state index is 0.707. The molecule has 5 heteroatoms.